The largest absolute Gasteiger partial charge is 0.364 e. The third-order valence-corrected chi connectivity index (χ3v) is 11.0. The van der Waals surface area contributed by atoms with Crippen molar-refractivity contribution in [3.63, 3.8) is 0 Å². The molecule has 1 atom stereocenters. The molecule has 0 aliphatic carbocycles. The summed E-state index contributed by atoms with van der Waals surface area (Å²) in [6.45, 7) is 13.5. The van der Waals surface area contributed by atoms with E-state index in [0.29, 0.717) is 22.2 Å². The van der Waals surface area contributed by atoms with Gasteiger partial charge in [-0.25, -0.2) is 0 Å². The van der Waals surface area contributed by atoms with Gasteiger partial charge in [0.1, 0.15) is 8.07 Å². The SMILES string of the molecule is C#CC(O)(C#C[Si](C(C)C)(C(C)C)C(C)C)c1ccccc1. The third kappa shape index (κ3) is 3.46. The van der Waals surface area contributed by atoms with Crippen LogP contribution in [0.3, 0.4) is 0 Å². The maximum absolute atomic E-state index is 10.8. The van der Waals surface area contributed by atoms with Gasteiger partial charge in [0.25, 0.3) is 0 Å². The van der Waals surface area contributed by atoms with E-state index in [1.165, 1.54) is 0 Å². The topological polar surface area (TPSA) is 20.2 Å². The molecule has 2 heteroatoms. The monoisotopic (exact) mass is 312 g/mol. The molecule has 0 saturated heterocycles. The van der Waals surface area contributed by atoms with Crippen LogP contribution in [0.2, 0.25) is 16.6 Å². The quantitative estimate of drug-likeness (QED) is 0.629. The van der Waals surface area contributed by atoms with Gasteiger partial charge in [-0.15, -0.1) is 12.0 Å². The van der Waals surface area contributed by atoms with Gasteiger partial charge in [0.2, 0.25) is 5.60 Å². The molecule has 0 aliphatic rings. The maximum Gasteiger partial charge on any atom is 0.213 e. The Bertz CT molecular complexity index is 562. The molecule has 22 heavy (non-hydrogen) atoms. The molecule has 0 aromatic heterocycles. The molecule has 0 spiro atoms. The lowest BCUT2D eigenvalue weighted by Gasteiger charge is -2.38. The number of rotatable bonds is 4. The molecule has 1 aromatic carbocycles. The Morgan fingerprint density at radius 2 is 1.41 bits per heavy atom. The average molecular weight is 313 g/mol. The fraction of sp³-hybridized carbons (Fsp3) is 0.500. The Morgan fingerprint density at radius 3 is 1.77 bits per heavy atom. The smallest absolute Gasteiger partial charge is 0.213 e. The van der Waals surface area contributed by atoms with E-state index >= 15 is 0 Å². The second kappa shape index (κ2) is 7.19. The molecule has 118 valence electrons. The molecule has 1 rings (SSSR count). The summed E-state index contributed by atoms with van der Waals surface area (Å²) < 4.78 is 0. The van der Waals surface area contributed by atoms with Crippen LogP contribution in [-0.4, -0.2) is 13.2 Å². The predicted molar refractivity (Wildman–Crippen MR) is 98.0 cm³/mol. The molecule has 1 nitrogen and oxygen atoms in total. The summed E-state index contributed by atoms with van der Waals surface area (Å²) in [7, 11) is -1.90. The van der Waals surface area contributed by atoms with Crippen molar-refractivity contribution in [1.29, 1.82) is 0 Å². The Labute approximate surface area is 137 Å². The van der Waals surface area contributed by atoms with Gasteiger partial charge in [-0.2, -0.15) is 0 Å². The molecule has 0 heterocycles. The van der Waals surface area contributed by atoms with E-state index in [0.717, 1.165) is 0 Å². The number of hydrogen-bond acceptors (Lipinski definition) is 1. The lowest BCUT2D eigenvalue weighted by atomic mass is 9.96. The number of aliphatic hydroxyl groups is 1. The van der Waals surface area contributed by atoms with Gasteiger partial charge in [0.15, 0.2) is 0 Å². The molecule has 1 aromatic rings. The Hall–Kier alpha value is -1.48. The highest BCUT2D eigenvalue weighted by Gasteiger charge is 2.42. The standard InChI is InChI=1S/C20H28OSi/c1-8-20(21,19-12-10-9-11-13-19)14-15-22(16(2)3,17(4)5)18(6)7/h1,9-13,16-18,21H,2-7H3. The van der Waals surface area contributed by atoms with Gasteiger partial charge in [-0.3, -0.25) is 0 Å². The van der Waals surface area contributed by atoms with E-state index in [4.69, 9.17) is 6.42 Å². The predicted octanol–water partition coefficient (Wildman–Crippen LogP) is 4.73. The number of hydrogen-bond donors (Lipinski definition) is 1. The molecular formula is C20H28OSi. The molecule has 0 fully saturated rings. The van der Waals surface area contributed by atoms with Crippen molar-refractivity contribution < 1.29 is 5.11 Å². The minimum atomic E-state index is -1.90. The summed E-state index contributed by atoms with van der Waals surface area (Å²) in [5.74, 6) is 5.57. The van der Waals surface area contributed by atoms with Crippen LogP contribution in [0.25, 0.3) is 0 Å². The van der Waals surface area contributed by atoms with Crippen LogP contribution in [0.15, 0.2) is 30.3 Å². The molecule has 0 bridgehead atoms. The van der Waals surface area contributed by atoms with Gasteiger partial charge < -0.3 is 5.11 Å². The van der Waals surface area contributed by atoms with Crippen LogP contribution >= 0.6 is 0 Å². The van der Waals surface area contributed by atoms with Crippen LogP contribution < -0.4 is 0 Å². The minimum absolute atomic E-state index is 0.512. The van der Waals surface area contributed by atoms with E-state index in [9.17, 15) is 5.11 Å². The molecule has 1 unspecified atom stereocenters. The lowest BCUT2D eigenvalue weighted by molar-refractivity contribution is 0.165. The van der Waals surface area contributed by atoms with Gasteiger partial charge in [0.05, 0.1) is 0 Å². The molecule has 0 saturated carbocycles. The highest BCUT2D eigenvalue weighted by molar-refractivity contribution is 6.90. The summed E-state index contributed by atoms with van der Waals surface area (Å²) in [6, 6.07) is 9.31. The fourth-order valence-electron chi connectivity index (χ4n) is 3.50. The lowest BCUT2D eigenvalue weighted by Crippen LogP contribution is -2.43. The van der Waals surface area contributed by atoms with E-state index in [2.05, 4.69) is 58.9 Å². The summed E-state index contributed by atoms with van der Waals surface area (Å²) >= 11 is 0. The second-order valence-corrected chi connectivity index (χ2v) is 12.4. The zero-order valence-corrected chi connectivity index (χ0v) is 15.6. The average Bonchev–Trinajstić information content (AvgIpc) is 2.47. The summed E-state index contributed by atoms with van der Waals surface area (Å²) in [5, 5.41) is 10.8. The highest BCUT2D eigenvalue weighted by atomic mass is 28.3. The number of benzene rings is 1. The van der Waals surface area contributed by atoms with E-state index < -0.39 is 13.7 Å². The Balaban J connectivity index is 3.41. The van der Waals surface area contributed by atoms with Crippen LogP contribution in [0.4, 0.5) is 0 Å². The molecule has 0 radical (unpaired) electrons. The van der Waals surface area contributed by atoms with Gasteiger partial charge in [0, 0.05) is 5.56 Å². The van der Waals surface area contributed by atoms with Crippen molar-refractivity contribution in [3.8, 4) is 23.8 Å². The summed E-state index contributed by atoms with van der Waals surface area (Å²) in [4.78, 5) is 0. The van der Waals surface area contributed by atoms with Crippen LogP contribution in [0, 0.1) is 23.8 Å². The van der Waals surface area contributed by atoms with Gasteiger partial charge >= 0.3 is 0 Å². The Kier molecular flexibility index (Phi) is 6.06. The van der Waals surface area contributed by atoms with Gasteiger partial charge in [-0.05, 0) is 16.6 Å². The van der Waals surface area contributed by atoms with E-state index in [1.807, 2.05) is 30.3 Å². The van der Waals surface area contributed by atoms with Crippen LogP contribution in [0.1, 0.15) is 47.1 Å². The molecule has 0 aliphatic heterocycles. The van der Waals surface area contributed by atoms with Crippen molar-refractivity contribution >= 4 is 8.07 Å². The van der Waals surface area contributed by atoms with E-state index in [-0.39, 0.29) is 0 Å². The van der Waals surface area contributed by atoms with Gasteiger partial charge in [-0.1, -0.05) is 83.7 Å². The molecular weight excluding hydrogens is 284 g/mol. The zero-order chi connectivity index (χ0) is 17.0. The highest BCUT2D eigenvalue weighted by Crippen LogP contribution is 2.41. The summed E-state index contributed by atoms with van der Waals surface area (Å²) in [6.07, 6.45) is 5.61. The van der Waals surface area contributed by atoms with Crippen molar-refractivity contribution in [2.45, 2.75) is 63.8 Å². The molecule has 1 N–H and O–H groups in total. The molecule has 0 amide bonds. The first kappa shape index (κ1) is 18.6. The van der Waals surface area contributed by atoms with Crippen molar-refractivity contribution in [2.24, 2.45) is 0 Å². The second-order valence-electron chi connectivity index (χ2n) is 6.87. The number of terminal acetylenes is 1. The fourth-order valence-corrected chi connectivity index (χ4v) is 8.77. The zero-order valence-electron chi connectivity index (χ0n) is 14.6. The van der Waals surface area contributed by atoms with Crippen molar-refractivity contribution in [3.05, 3.63) is 35.9 Å². The van der Waals surface area contributed by atoms with Crippen LogP contribution in [0.5, 0.6) is 0 Å². The first-order valence-corrected chi connectivity index (χ1v) is 10.2. The maximum atomic E-state index is 10.8. The van der Waals surface area contributed by atoms with E-state index in [1.54, 1.807) is 0 Å². The normalized spacial score (nSPS) is 14.4. The van der Waals surface area contributed by atoms with Crippen molar-refractivity contribution in [1.82, 2.24) is 0 Å². The first-order chi connectivity index (χ1) is 10.2. The summed E-state index contributed by atoms with van der Waals surface area (Å²) in [5.41, 5.74) is 4.22. The van der Waals surface area contributed by atoms with Crippen LogP contribution in [-0.2, 0) is 5.60 Å². The van der Waals surface area contributed by atoms with Crippen molar-refractivity contribution in [2.75, 3.05) is 0 Å². The Morgan fingerprint density at radius 1 is 0.955 bits per heavy atom. The first-order valence-electron chi connectivity index (χ1n) is 8.00. The minimum Gasteiger partial charge on any atom is -0.364 e. The third-order valence-electron chi connectivity index (χ3n) is 4.73.